The van der Waals surface area contributed by atoms with Gasteiger partial charge in [0.1, 0.15) is 11.6 Å². The fraction of sp³-hybridized carbons (Fsp3) is 0.312. The largest absolute Gasteiger partial charge is 0.481 e. The third-order valence-electron chi connectivity index (χ3n) is 3.02. The van der Waals surface area contributed by atoms with Crippen molar-refractivity contribution in [2.24, 2.45) is 0 Å². The Kier molecular flexibility index (Phi) is 8.69. The molecule has 0 aliphatic heterocycles. The summed E-state index contributed by atoms with van der Waals surface area (Å²) in [5, 5.41) is 23.8. The highest BCUT2D eigenvalue weighted by atomic mass is 35.5. The van der Waals surface area contributed by atoms with E-state index in [0.29, 0.717) is 41.5 Å². The Balaban J connectivity index is 2.45. The summed E-state index contributed by atoms with van der Waals surface area (Å²) in [4.78, 5) is 22.2. The van der Waals surface area contributed by atoms with E-state index >= 15 is 0 Å². The van der Waals surface area contributed by atoms with Crippen molar-refractivity contribution < 1.29 is 14.7 Å². The number of carbonyl (C=O) groups is 2. The fourth-order valence-electron chi connectivity index (χ4n) is 1.78. The van der Waals surface area contributed by atoms with Gasteiger partial charge in [0.2, 0.25) is 0 Å². The van der Waals surface area contributed by atoms with E-state index in [4.69, 9.17) is 33.6 Å². The number of rotatable bonds is 9. The summed E-state index contributed by atoms with van der Waals surface area (Å²) in [6.07, 6.45) is 3.28. The van der Waals surface area contributed by atoms with Gasteiger partial charge in [-0.1, -0.05) is 29.6 Å². The van der Waals surface area contributed by atoms with E-state index in [1.54, 1.807) is 18.2 Å². The van der Waals surface area contributed by atoms with Gasteiger partial charge in [0.25, 0.3) is 5.91 Å². The summed E-state index contributed by atoms with van der Waals surface area (Å²) in [7, 11) is 0. The predicted molar refractivity (Wildman–Crippen MR) is 92.9 cm³/mol. The second-order valence-corrected chi connectivity index (χ2v) is 5.74. The minimum absolute atomic E-state index is 0.0912. The maximum Gasteiger partial charge on any atom is 0.303 e. The summed E-state index contributed by atoms with van der Waals surface area (Å²) in [5.41, 5.74) is 0.432. The number of unbranched alkanes of at least 4 members (excludes halogenated alkanes) is 2. The van der Waals surface area contributed by atoms with E-state index in [1.165, 1.54) is 6.20 Å². The molecule has 0 spiro atoms. The number of halogens is 2. The first-order valence-corrected chi connectivity index (χ1v) is 8.01. The molecule has 128 valence electrons. The zero-order valence-corrected chi connectivity index (χ0v) is 14.3. The Labute approximate surface area is 150 Å². The lowest BCUT2D eigenvalue weighted by Gasteiger charge is -2.06. The lowest BCUT2D eigenvalue weighted by atomic mass is 10.2. The fourth-order valence-corrected chi connectivity index (χ4v) is 2.24. The number of carbonyl (C=O) groups excluding carboxylic acids is 1. The third-order valence-corrected chi connectivity index (χ3v) is 3.57. The van der Waals surface area contributed by atoms with Crippen molar-refractivity contribution in [1.82, 2.24) is 5.32 Å². The maximum absolute atomic E-state index is 11.9. The van der Waals surface area contributed by atoms with Crippen LogP contribution in [0.1, 0.15) is 25.7 Å². The van der Waals surface area contributed by atoms with Crippen molar-refractivity contribution in [2.75, 3.05) is 11.9 Å². The van der Waals surface area contributed by atoms with Gasteiger partial charge in [-0.05, 0) is 31.0 Å². The van der Waals surface area contributed by atoms with E-state index in [9.17, 15) is 9.59 Å². The van der Waals surface area contributed by atoms with E-state index in [-0.39, 0.29) is 12.0 Å². The zero-order chi connectivity index (χ0) is 17.9. The number of nitriles is 1. The van der Waals surface area contributed by atoms with Crippen LogP contribution in [-0.2, 0) is 9.59 Å². The van der Waals surface area contributed by atoms with Crippen LogP contribution in [0.4, 0.5) is 5.69 Å². The number of carboxylic acid groups (broad SMARTS) is 1. The van der Waals surface area contributed by atoms with Crippen LogP contribution in [0.3, 0.4) is 0 Å². The highest BCUT2D eigenvalue weighted by Gasteiger charge is 2.08. The van der Waals surface area contributed by atoms with E-state index in [1.807, 2.05) is 6.07 Å². The molecule has 0 bridgehead atoms. The molecule has 0 aliphatic rings. The van der Waals surface area contributed by atoms with Crippen LogP contribution in [0.25, 0.3) is 0 Å². The van der Waals surface area contributed by atoms with E-state index in [2.05, 4.69) is 10.6 Å². The molecule has 0 unspecified atom stereocenters. The molecule has 1 aromatic carbocycles. The topological polar surface area (TPSA) is 102 Å². The van der Waals surface area contributed by atoms with Crippen molar-refractivity contribution >= 4 is 40.8 Å². The summed E-state index contributed by atoms with van der Waals surface area (Å²) in [5.74, 6) is -1.34. The second-order valence-electron chi connectivity index (χ2n) is 4.90. The van der Waals surface area contributed by atoms with Crippen molar-refractivity contribution in [1.29, 1.82) is 5.26 Å². The van der Waals surface area contributed by atoms with Crippen LogP contribution in [-0.4, -0.2) is 23.5 Å². The van der Waals surface area contributed by atoms with E-state index < -0.39 is 11.9 Å². The smallest absolute Gasteiger partial charge is 0.303 e. The van der Waals surface area contributed by atoms with Crippen molar-refractivity contribution in [3.8, 4) is 6.07 Å². The van der Waals surface area contributed by atoms with Gasteiger partial charge in [-0.3, -0.25) is 9.59 Å². The number of benzene rings is 1. The predicted octanol–water partition coefficient (Wildman–Crippen LogP) is 3.57. The van der Waals surface area contributed by atoms with Gasteiger partial charge in [0, 0.05) is 24.2 Å². The first kappa shape index (κ1) is 19.8. The number of nitrogens with zero attached hydrogens (tertiary/aromatic N) is 1. The minimum atomic E-state index is -0.833. The van der Waals surface area contributed by atoms with Gasteiger partial charge in [0.15, 0.2) is 0 Å². The molecule has 0 atom stereocenters. The summed E-state index contributed by atoms with van der Waals surface area (Å²) < 4.78 is 0. The van der Waals surface area contributed by atoms with Gasteiger partial charge >= 0.3 is 5.97 Å². The summed E-state index contributed by atoms with van der Waals surface area (Å²) in [6.45, 7) is 0.374. The summed E-state index contributed by atoms with van der Waals surface area (Å²) in [6, 6.07) is 6.62. The molecule has 3 N–H and O–H groups in total. The highest BCUT2D eigenvalue weighted by Crippen LogP contribution is 2.25. The number of hydrogen-bond acceptors (Lipinski definition) is 4. The molecule has 1 rings (SSSR count). The summed E-state index contributed by atoms with van der Waals surface area (Å²) >= 11 is 11.8. The molecule has 24 heavy (non-hydrogen) atoms. The lowest BCUT2D eigenvalue weighted by Crippen LogP contribution is -2.26. The Bertz CT molecular complexity index is 669. The number of anilines is 1. The first-order chi connectivity index (χ1) is 11.4. The molecule has 0 heterocycles. The molecule has 0 saturated heterocycles. The molecule has 1 amide bonds. The molecule has 0 radical (unpaired) electrons. The Morgan fingerprint density at radius 1 is 1.25 bits per heavy atom. The van der Waals surface area contributed by atoms with E-state index in [0.717, 1.165) is 0 Å². The first-order valence-electron chi connectivity index (χ1n) is 7.26. The minimum Gasteiger partial charge on any atom is -0.481 e. The monoisotopic (exact) mass is 369 g/mol. The van der Waals surface area contributed by atoms with Gasteiger partial charge in [-0.25, -0.2) is 0 Å². The molecular formula is C16H17Cl2N3O3. The van der Waals surface area contributed by atoms with Crippen molar-refractivity contribution in [3.05, 3.63) is 40.0 Å². The Morgan fingerprint density at radius 3 is 2.62 bits per heavy atom. The van der Waals surface area contributed by atoms with Crippen LogP contribution < -0.4 is 10.6 Å². The van der Waals surface area contributed by atoms with Crippen molar-refractivity contribution in [2.45, 2.75) is 25.7 Å². The average molecular weight is 370 g/mol. The lowest BCUT2D eigenvalue weighted by molar-refractivity contribution is -0.137. The molecule has 8 heteroatoms. The van der Waals surface area contributed by atoms with Gasteiger partial charge in [-0.2, -0.15) is 5.26 Å². The number of carboxylic acids is 1. The SMILES string of the molecule is N#C/C(=C/Nc1ccc(Cl)cc1Cl)C(=O)NCCCCCC(=O)O. The third kappa shape index (κ3) is 7.36. The molecule has 0 fully saturated rings. The highest BCUT2D eigenvalue weighted by molar-refractivity contribution is 6.36. The van der Waals surface area contributed by atoms with Crippen molar-refractivity contribution in [3.63, 3.8) is 0 Å². The Hall–Kier alpha value is -2.23. The van der Waals surface area contributed by atoms with Crippen LogP contribution in [0.2, 0.25) is 10.0 Å². The maximum atomic E-state index is 11.9. The number of aliphatic carboxylic acids is 1. The average Bonchev–Trinajstić information content (AvgIpc) is 2.52. The van der Waals surface area contributed by atoms with Gasteiger partial charge < -0.3 is 15.7 Å². The molecule has 6 nitrogen and oxygen atoms in total. The van der Waals surface area contributed by atoms with Gasteiger partial charge in [0.05, 0.1) is 10.7 Å². The molecule has 0 saturated carbocycles. The molecule has 0 aliphatic carbocycles. The zero-order valence-electron chi connectivity index (χ0n) is 12.8. The van der Waals surface area contributed by atoms with Crippen LogP contribution in [0, 0.1) is 11.3 Å². The van der Waals surface area contributed by atoms with Crippen LogP contribution in [0.5, 0.6) is 0 Å². The molecule has 1 aromatic rings. The Morgan fingerprint density at radius 2 is 2.00 bits per heavy atom. The molecular weight excluding hydrogens is 353 g/mol. The number of amides is 1. The number of nitrogens with one attached hydrogen (secondary N) is 2. The molecule has 0 aromatic heterocycles. The van der Waals surface area contributed by atoms with Gasteiger partial charge in [-0.15, -0.1) is 0 Å². The van der Waals surface area contributed by atoms with Crippen LogP contribution in [0.15, 0.2) is 30.0 Å². The second kappa shape index (κ2) is 10.5. The normalized spacial score (nSPS) is 10.8. The number of hydrogen-bond donors (Lipinski definition) is 3. The van der Waals surface area contributed by atoms with Crippen LogP contribution >= 0.6 is 23.2 Å². The quantitative estimate of drug-likeness (QED) is 0.350. The standard InChI is InChI=1S/C16H17Cl2N3O3/c17-12-5-6-14(13(18)8-12)21-10-11(9-19)16(24)20-7-3-1-2-4-15(22)23/h5-6,8,10,21H,1-4,7H2,(H,20,24)(H,22,23)/b11-10-.